The summed E-state index contributed by atoms with van der Waals surface area (Å²) < 4.78 is 10.4. The summed E-state index contributed by atoms with van der Waals surface area (Å²) in [6, 6.07) is 12.4. The first-order valence-electron chi connectivity index (χ1n) is 6.69. The van der Waals surface area contributed by atoms with E-state index in [-0.39, 0.29) is 5.91 Å². The molecule has 2 aromatic rings. The van der Waals surface area contributed by atoms with E-state index in [9.17, 15) is 4.79 Å². The molecule has 0 heterocycles. The molecule has 0 aliphatic carbocycles. The number of nitrogens with two attached hydrogens (primary N) is 1. The van der Waals surface area contributed by atoms with Crippen LogP contribution in [0.25, 0.3) is 6.08 Å². The number of carbonyl (C=O) groups is 1. The van der Waals surface area contributed by atoms with Crippen LogP contribution in [0.4, 0.5) is 11.4 Å². The molecule has 0 bridgehead atoms. The molecule has 3 N–H and O–H groups in total. The number of hydrogen-bond acceptors (Lipinski definition) is 4. The Bertz CT molecular complexity index is 679. The summed E-state index contributed by atoms with van der Waals surface area (Å²) in [5, 5.41) is 2.76. The first-order chi connectivity index (χ1) is 10.6. The molecule has 1 amide bonds. The fourth-order valence-electron chi connectivity index (χ4n) is 1.87. The van der Waals surface area contributed by atoms with Crippen LogP contribution < -0.4 is 20.5 Å². The van der Waals surface area contributed by atoms with Crippen LogP contribution in [-0.4, -0.2) is 20.1 Å². The average molecular weight is 298 g/mol. The van der Waals surface area contributed by atoms with Crippen molar-refractivity contribution < 1.29 is 14.3 Å². The van der Waals surface area contributed by atoms with Crippen molar-refractivity contribution in [3.05, 3.63) is 54.1 Å². The molecule has 0 unspecified atom stereocenters. The Kier molecular flexibility index (Phi) is 5.03. The Morgan fingerprint density at radius 3 is 2.45 bits per heavy atom. The topological polar surface area (TPSA) is 73.6 Å². The number of carbonyl (C=O) groups excluding carboxylic acids is 1. The lowest BCUT2D eigenvalue weighted by atomic mass is 10.2. The van der Waals surface area contributed by atoms with E-state index in [4.69, 9.17) is 15.2 Å². The van der Waals surface area contributed by atoms with E-state index in [2.05, 4.69) is 5.32 Å². The van der Waals surface area contributed by atoms with Gasteiger partial charge in [0.2, 0.25) is 5.91 Å². The van der Waals surface area contributed by atoms with Gasteiger partial charge in [0, 0.05) is 17.8 Å². The zero-order valence-corrected chi connectivity index (χ0v) is 12.5. The highest BCUT2D eigenvalue weighted by Crippen LogP contribution is 2.28. The molecule has 0 radical (unpaired) electrons. The molecule has 2 aromatic carbocycles. The van der Waals surface area contributed by atoms with Gasteiger partial charge in [-0.2, -0.15) is 0 Å². The second-order valence-corrected chi connectivity index (χ2v) is 4.56. The number of methoxy groups -OCH3 is 2. The summed E-state index contributed by atoms with van der Waals surface area (Å²) >= 11 is 0. The van der Waals surface area contributed by atoms with Gasteiger partial charge >= 0.3 is 0 Å². The molecule has 0 saturated carbocycles. The molecule has 0 fully saturated rings. The molecule has 5 nitrogen and oxygen atoms in total. The van der Waals surface area contributed by atoms with Gasteiger partial charge < -0.3 is 20.5 Å². The quantitative estimate of drug-likeness (QED) is 0.657. The van der Waals surface area contributed by atoms with Crippen LogP contribution >= 0.6 is 0 Å². The van der Waals surface area contributed by atoms with Crippen molar-refractivity contribution in [2.24, 2.45) is 0 Å². The Balaban J connectivity index is 2.09. The summed E-state index contributed by atoms with van der Waals surface area (Å²) in [6.45, 7) is 0. The maximum absolute atomic E-state index is 12.0. The van der Waals surface area contributed by atoms with Crippen LogP contribution in [0.1, 0.15) is 5.56 Å². The van der Waals surface area contributed by atoms with Crippen molar-refractivity contribution in [3.8, 4) is 11.5 Å². The van der Waals surface area contributed by atoms with Crippen LogP contribution in [-0.2, 0) is 4.79 Å². The van der Waals surface area contributed by atoms with Crippen LogP contribution in [0.5, 0.6) is 11.5 Å². The number of hydrogen-bond donors (Lipinski definition) is 2. The normalized spacial score (nSPS) is 10.5. The minimum atomic E-state index is -0.261. The lowest BCUT2D eigenvalue weighted by Crippen LogP contribution is -2.09. The third kappa shape index (κ3) is 4.02. The maximum atomic E-state index is 12.0. The van der Waals surface area contributed by atoms with Gasteiger partial charge in [0.25, 0.3) is 0 Å². The lowest BCUT2D eigenvalue weighted by Gasteiger charge is -2.10. The number of nitrogen functional groups attached to an aromatic ring is 1. The van der Waals surface area contributed by atoms with E-state index < -0.39 is 0 Å². The van der Waals surface area contributed by atoms with Gasteiger partial charge in [-0.05, 0) is 35.9 Å². The van der Waals surface area contributed by atoms with Gasteiger partial charge in [-0.15, -0.1) is 0 Å². The molecule has 0 aliphatic heterocycles. The van der Waals surface area contributed by atoms with Crippen LogP contribution in [0.3, 0.4) is 0 Å². The van der Waals surface area contributed by atoms with Gasteiger partial charge in [-0.1, -0.05) is 12.1 Å². The van der Waals surface area contributed by atoms with Crippen molar-refractivity contribution in [2.45, 2.75) is 0 Å². The molecule has 0 saturated heterocycles. The number of rotatable bonds is 5. The number of nitrogens with one attached hydrogen (secondary N) is 1. The largest absolute Gasteiger partial charge is 0.497 e. The number of ether oxygens (including phenoxy) is 2. The highest BCUT2D eigenvalue weighted by Gasteiger charge is 2.07. The minimum absolute atomic E-state index is 0.261. The highest BCUT2D eigenvalue weighted by atomic mass is 16.5. The molecule has 0 aromatic heterocycles. The zero-order chi connectivity index (χ0) is 15.9. The van der Waals surface area contributed by atoms with Crippen LogP contribution in [0.15, 0.2) is 48.5 Å². The fraction of sp³-hybridized carbons (Fsp3) is 0.118. The van der Waals surface area contributed by atoms with Gasteiger partial charge in [-0.25, -0.2) is 0 Å². The molecular weight excluding hydrogens is 280 g/mol. The van der Waals surface area contributed by atoms with Gasteiger partial charge in [0.05, 0.1) is 19.9 Å². The maximum Gasteiger partial charge on any atom is 0.248 e. The zero-order valence-electron chi connectivity index (χ0n) is 12.5. The average Bonchev–Trinajstić information content (AvgIpc) is 2.54. The number of anilines is 2. The third-order valence-corrected chi connectivity index (χ3v) is 3.03. The van der Waals surface area contributed by atoms with E-state index in [1.807, 2.05) is 12.1 Å². The SMILES string of the molecule is COc1ccc(OC)c(NC(=O)/C=C/c2ccc(N)cc2)c1. The predicted octanol–water partition coefficient (Wildman–Crippen LogP) is 2.94. The summed E-state index contributed by atoms with van der Waals surface area (Å²) in [7, 11) is 3.11. The number of amides is 1. The Hall–Kier alpha value is -2.95. The predicted molar refractivity (Wildman–Crippen MR) is 88.1 cm³/mol. The van der Waals surface area contributed by atoms with Crippen LogP contribution in [0.2, 0.25) is 0 Å². The lowest BCUT2D eigenvalue weighted by molar-refractivity contribution is -0.111. The fourth-order valence-corrected chi connectivity index (χ4v) is 1.87. The molecule has 0 aliphatic rings. The Labute approximate surface area is 129 Å². The van der Waals surface area contributed by atoms with E-state index in [1.165, 1.54) is 6.08 Å². The van der Waals surface area contributed by atoms with Crippen LogP contribution in [0, 0.1) is 0 Å². The van der Waals surface area contributed by atoms with Crippen molar-refractivity contribution in [1.29, 1.82) is 0 Å². The van der Waals surface area contributed by atoms with Gasteiger partial charge in [0.1, 0.15) is 11.5 Å². The summed E-state index contributed by atoms with van der Waals surface area (Å²) in [4.78, 5) is 12.0. The summed E-state index contributed by atoms with van der Waals surface area (Å²) in [6.07, 6.45) is 3.16. The van der Waals surface area contributed by atoms with Crippen molar-refractivity contribution in [2.75, 3.05) is 25.3 Å². The second-order valence-electron chi connectivity index (χ2n) is 4.56. The number of benzene rings is 2. The molecule has 5 heteroatoms. The molecule has 0 spiro atoms. The first-order valence-corrected chi connectivity index (χ1v) is 6.69. The van der Waals surface area contributed by atoms with Crippen molar-refractivity contribution >= 4 is 23.4 Å². The smallest absolute Gasteiger partial charge is 0.248 e. The second kappa shape index (κ2) is 7.17. The van der Waals surface area contributed by atoms with Crippen molar-refractivity contribution in [1.82, 2.24) is 0 Å². The molecule has 0 atom stereocenters. The minimum Gasteiger partial charge on any atom is -0.497 e. The van der Waals surface area contributed by atoms with Gasteiger partial charge in [-0.3, -0.25) is 4.79 Å². The van der Waals surface area contributed by atoms with E-state index in [0.29, 0.717) is 22.9 Å². The summed E-state index contributed by atoms with van der Waals surface area (Å²) in [5.74, 6) is 0.942. The third-order valence-electron chi connectivity index (χ3n) is 3.03. The Morgan fingerprint density at radius 2 is 1.82 bits per heavy atom. The Morgan fingerprint density at radius 1 is 1.09 bits per heavy atom. The summed E-state index contributed by atoms with van der Waals surface area (Å²) in [5.41, 5.74) is 7.74. The molecular formula is C17H18N2O3. The standard InChI is InChI=1S/C17H18N2O3/c1-21-14-8-9-16(22-2)15(11-14)19-17(20)10-5-12-3-6-13(18)7-4-12/h3-11H,18H2,1-2H3,(H,19,20)/b10-5+. The van der Waals surface area contributed by atoms with E-state index in [0.717, 1.165) is 5.56 Å². The molecule has 114 valence electrons. The first kappa shape index (κ1) is 15.4. The molecule has 2 rings (SSSR count). The van der Waals surface area contributed by atoms with Gasteiger partial charge in [0.15, 0.2) is 0 Å². The van der Waals surface area contributed by atoms with E-state index >= 15 is 0 Å². The van der Waals surface area contributed by atoms with Crippen molar-refractivity contribution in [3.63, 3.8) is 0 Å². The highest BCUT2D eigenvalue weighted by molar-refractivity contribution is 6.02. The monoisotopic (exact) mass is 298 g/mol. The van der Waals surface area contributed by atoms with E-state index in [1.54, 1.807) is 50.6 Å². The molecule has 22 heavy (non-hydrogen) atoms.